The number of anilines is 1. The molecule has 0 aromatic heterocycles. The summed E-state index contributed by atoms with van der Waals surface area (Å²) >= 11 is 0. The van der Waals surface area contributed by atoms with Crippen LogP contribution in [0.15, 0.2) is 42.5 Å². The highest BCUT2D eigenvalue weighted by Crippen LogP contribution is 2.24. The number of carbonyl (C=O) groups is 2. The number of carbonyl (C=O) groups excluding carboxylic acids is 2. The summed E-state index contributed by atoms with van der Waals surface area (Å²) in [5.74, 6) is 0.159. The molecule has 1 N–H and O–H groups in total. The van der Waals surface area contributed by atoms with E-state index in [0.29, 0.717) is 31.5 Å². The summed E-state index contributed by atoms with van der Waals surface area (Å²) < 4.78 is 0. The van der Waals surface area contributed by atoms with Crippen molar-refractivity contribution in [1.82, 2.24) is 9.80 Å². The van der Waals surface area contributed by atoms with Crippen LogP contribution in [-0.4, -0.2) is 48.8 Å². The van der Waals surface area contributed by atoms with Crippen molar-refractivity contribution >= 4 is 17.5 Å². The summed E-state index contributed by atoms with van der Waals surface area (Å²) in [6, 6.07) is 15.6. The number of hydrogen-bond donors (Lipinski definition) is 1. The van der Waals surface area contributed by atoms with Crippen molar-refractivity contribution < 1.29 is 9.59 Å². The van der Waals surface area contributed by atoms with Crippen LogP contribution in [0.25, 0.3) is 0 Å². The van der Waals surface area contributed by atoms with Crippen LogP contribution < -0.4 is 5.32 Å². The number of hydrogen-bond acceptors (Lipinski definition) is 4. The van der Waals surface area contributed by atoms with Crippen LogP contribution in [0.4, 0.5) is 5.69 Å². The van der Waals surface area contributed by atoms with E-state index in [1.54, 1.807) is 6.07 Å². The second-order valence-corrected chi connectivity index (χ2v) is 8.00. The Hall–Kier alpha value is -3.17. The quantitative estimate of drug-likeness (QED) is 0.697. The highest BCUT2D eigenvalue weighted by atomic mass is 16.2. The lowest BCUT2D eigenvalue weighted by Gasteiger charge is -2.25. The van der Waals surface area contributed by atoms with E-state index in [0.717, 1.165) is 41.8 Å². The smallest absolute Gasteiger partial charge is 0.228 e. The average molecular weight is 405 g/mol. The second-order valence-electron chi connectivity index (χ2n) is 8.00. The number of nitriles is 1. The Bertz CT molecular complexity index is 962. The van der Waals surface area contributed by atoms with Gasteiger partial charge in [0.15, 0.2) is 0 Å². The Morgan fingerprint density at radius 2 is 1.97 bits per heavy atom. The second kappa shape index (κ2) is 10.0. The van der Waals surface area contributed by atoms with Crippen molar-refractivity contribution in [1.29, 1.82) is 5.26 Å². The zero-order valence-corrected chi connectivity index (χ0v) is 17.6. The zero-order valence-electron chi connectivity index (χ0n) is 17.6. The largest absolute Gasteiger partial charge is 0.337 e. The van der Waals surface area contributed by atoms with Gasteiger partial charge in [-0.15, -0.1) is 0 Å². The lowest BCUT2D eigenvalue weighted by atomic mass is 10.0. The molecule has 156 valence electrons. The Balaban J connectivity index is 1.58. The summed E-state index contributed by atoms with van der Waals surface area (Å²) in [5.41, 5.74) is 4.66. The van der Waals surface area contributed by atoms with E-state index in [9.17, 15) is 9.59 Å². The van der Waals surface area contributed by atoms with E-state index >= 15 is 0 Å². The Labute approximate surface area is 178 Å². The minimum atomic E-state index is 0.0364. The molecule has 2 amide bonds. The van der Waals surface area contributed by atoms with Gasteiger partial charge in [-0.25, -0.2) is 0 Å². The SMILES string of the molecule is CN(C)CCN(Cc1cccc(C#N)c1)C(=O)CCCc1ccc2c(c1)CC(=O)N2. The molecule has 2 aromatic rings. The number of likely N-dealkylation sites (N-methyl/N-ethyl adjacent to an activating group) is 1. The molecule has 0 saturated carbocycles. The van der Waals surface area contributed by atoms with Crippen molar-refractivity contribution in [2.45, 2.75) is 32.2 Å². The maximum atomic E-state index is 12.9. The van der Waals surface area contributed by atoms with Crippen LogP contribution in [0.5, 0.6) is 0 Å². The summed E-state index contributed by atoms with van der Waals surface area (Å²) in [7, 11) is 3.98. The van der Waals surface area contributed by atoms with Gasteiger partial charge in [0.1, 0.15) is 0 Å². The third kappa shape index (κ3) is 5.91. The van der Waals surface area contributed by atoms with E-state index in [-0.39, 0.29) is 11.8 Å². The monoisotopic (exact) mass is 404 g/mol. The van der Waals surface area contributed by atoms with E-state index in [2.05, 4.69) is 22.4 Å². The molecule has 0 atom stereocenters. The van der Waals surface area contributed by atoms with Crippen molar-refractivity contribution in [3.8, 4) is 6.07 Å². The number of amides is 2. The first kappa shape index (κ1) is 21.5. The van der Waals surface area contributed by atoms with E-state index in [1.807, 2.05) is 49.3 Å². The number of nitrogens with zero attached hydrogens (tertiary/aromatic N) is 3. The predicted molar refractivity (Wildman–Crippen MR) is 117 cm³/mol. The molecule has 0 unspecified atom stereocenters. The van der Waals surface area contributed by atoms with Gasteiger partial charge in [-0.1, -0.05) is 24.3 Å². The van der Waals surface area contributed by atoms with Gasteiger partial charge in [0.05, 0.1) is 18.1 Å². The van der Waals surface area contributed by atoms with Gasteiger partial charge in [-0.05, 0) is 61.8 Å². The van der Waals surface area contributed by atoms with Gasteiger partial charge in [-0.3, -0.25) is 9.59 Å². The number of benzene rings is 2. The first-order chi connectivity index (χ1) is 14.4. The fourth-order valence-electron chi connectivity index (χ4n) is 3.61. The Morgan fingerprint density at radius 3 is 2.73 bits per heavy atom. The van der Waals surface area contributed by atoms with Crippen LogP contribution in [0.3, 0.4) is 0 Å². The van der Waals surface area contributed by atoms with Gasteiger partial charge in [-0.2, -0.15) is 5.26 Å². The molecule has 1 heterocycles. The molecule has 0 spiro atoms. The highest BCUT2D eigenvalue weighted by Gasteiger charge is 2.18. The molecule has 0 fully saturated rings. The predicted octanol–water partition coefficient (Wildman–Crippen LogP) is 2.97. The van der Waals surface area contributed by atoms with Crippen molar-refractivity contribution in [2.24, 2.45) is 0 Å². The number of nitrogens with one attached hydrogen (secondary N) is 1. The molecule has 1 aliphatic heterocycles. The van der Waals surface area contributed by atoms with Crippen LogP contribution >= 0.6 is 0 Å². The highest BCUT2D eigenvalue weighted by molar-refractivity contribution is 5.99. The Morgan fingerprint density at radius 1 is 1.13 bits per heavy atom. The molecule has 30 heavy (non-hydrogen) atoms. The fraction of sp³-hybridized carbons (Fsp3) is 0.375. The molecule has 0 bridgehead atoms. The van der Waals surface area contributed by atoms with Gasteiger partial charge in [0.25, 0.3) is 0 Å². The zero-order chi connectivity index (χ0) is 21.5. The van der Waals surface area contributed by atoms with Crippen LogP contribution in [0, 0.1) is 11.3 Å². The molecular formula is C24H28N4O2. The minimum Gasteiger partial charge on any atom is -0.337 e. The molecule has 0 radical (unpaired) electrons. The van der Waals surface area contributed by atoms with E-state index in [1.165, 1.54) is 0 Å². The third-order valence-corrected chi connectivity index (χ3v) is 5.25. The van der Waals surface area contributed by atoms with Crippen LogP contribution in [-0.2, 0) is 29.0 Å². The average Bonchev–Trinajstić information content (AvgIpc) is 3.10. The maximum Gasteiger partial charge on any atom is 0.228 e. The molecule has 2 aromatic carbocycles. The molecule has 6 nitrogen and oxygen atoms in total. The Kier molecular flexibility index (Phi) is 7.21. The summed E-state index contributed by atoms with van der Waals surface area (Å²) in [4.78, 5) is 28.4. The van der Waals surface area contributed by atoms with Gasteiger partial charge in [0, 0.05) is 31.7 Å². The first-order valence-corrected chi connectivity index (χ1v) is 10.3. The standard InChI is InChI=1S/C24H28N4O2/c1-27(2)11-12-28(17-20-7-3-6-19(13-20)16-25)24(30)8-4-5-18-9-10-22-21(14-18)15-23(29)26-22/h3,6-7,9-10,13-14H,4-5,8,11-12,15,17H2,1-2H3,(H,26,29). The number of aryl methyl sites for hydroxylation is 1. The molecule has 3 rings (SSSR count). The van der Waals surface area contributed by atoms with Crippen LogP contribution in [0.2, 0.25) is 0 Å². The summed E-state index contributed by atoms with van der Waals surface area (Å²) in [5, 5.41) is 12.0. The summed E-state index contributed by atoms with van der Waals surface area (Å²) in [6.07, 6.45) is 2.47. The lowest BCUT2D eigenvalue weighted by Crippen LogP contribution is -2.36. The van der Waals surface area contributed by atoms with Gasteiger partial charge < -0.3 is 15.1 Å². The normalized spacial score (nSPS) is 12.4. The molecule has 6 heteroatoms. The van der Waals surface area contributed by atoms with Crippen molar-refractivity contribution in [3.63, 3.8) is 0 Å². The molecule has 0 saturated heterocycles. The molecule has 0 aliphatic carbocycles. The number of fused-ring (bicyclic) bond motifs is 1. The fourth-order valence-corrected chi connectivity index (χ4v) is 3.61. The maximum absolute atomic E-state index is 12.9. The van der Waals surface area contributed by atoms with E-state index < -0.39 is 0 Å². The lowest BCUT2D eigenvalue weighted by molar-refractivity contribution is -0.132. The third-order valence-electron chi connectivity index (χ3n) is 5.25. The van der Waals surface area contributed by atoms with Crippen molar-refractivity contribution in [2.75, 3.05) is 32.5 Å². The van der Waals surface area contributed by atoms with Gasteiger partial charge >= 0.3 is 0 Å². The number of rotatable bonds is 9. The van der Waals surface area contributed by atoms with E-state index in [4.69, 9.17) is 5.26 Å². The minimum absolute atomic E-state index is 0.0364. The van der Waals surface area contributed by atoms with Crippen LogP contribution in [0.1, 0.15) is 35.1 Å². The topological polar surface area (TPSA) is 76.4 Å². The van der Waals surface area contributed by atoms with Gasteiger partial charge in [0.2, 0.25) is 11.8 Å². The molecular weight excluding hydrogens is 376 g/mol. The first-order valence-electron chi connectivity index (χ1n) is 10.3. The van der Waals surface area contributed by atoms with Crippen molar-refractivity contribution in [3.05, 3.63) is 64.7 Å². The molecule has 1 aliphatic rings. The summed E-state index contributed by atoms with van der Waals surface area (Å²) in [6.45, 7) is 1.94.